The van der Waals surface area contributed by atoms with Gasteiger partial charge < -0.3 is 15.1 Å². The van der Waals surface area contributed by atoms with Crippen LogP contribution < -0.4 is 5.32 Å². The highest BCUT2D eigenvalue weighted by atomic mass is 16.2. The van der Waals surface area contributed by atoms with Crippen molar-refractivity contribution in [1.82, 2.24) is 25.1 Å². The van der Waals surface area contributed by atoms with Gasteiger partial charge in [0.15, 0.2) is 0 Å². The first-order valence-corrected chi connectivity index (χ1v) is 6.55. The summed E-state index contributed by atoms with van der Waals surface area (Å²) in [5.74, 6) is -0.275. The zero-order valence-corrected chi connectivity index (χ0v) is 11.7. The van der Waals surface area contributed by atoms with E-state index in [1.165, 1.54) is 18.6 Å². The van der Waals surface area contributed by atoms with E-state index in [1.54, 1.807) is 4.90 Å². The van der Waals surface area contributed by atoms with Crippen LogP contribution in [0.3, 0.4) is 0 Å². The van der Waals surface area contributed by atoms with E-state index in [2.05, 4.69) is 15.3 Å². The second-order valence-electron chi connectivity index (χ2n) is 5.09. The molecular weight excluding hydrogens is 258 g/mol. The number of nitrogens with one attached hydrogen (secondary N) is 1. The number of carbonyl (C=O) groups is 2. The predicted molar refractivity (Wildman–Crippen MR) is 73.0 cm³/mol. The molecule has 7 nitrogen and oxygen atoms in total. The lowest BCUT2D eigenvalue weighted by Gasteiger charge is -2.37. The van der Waals surface area contributed by atoms with E-state index in [9.17, 15) is 9.59 Å². The number of likely N-dealkylation sites (N-methyl/N-ethyl adjacent to an activating group) is 1. The predicted octanol–water partition coefficient (Wildman–Crippen LogP) is -0.774. The maximum Gasteiger partial charge on any atom is 0.274 e. The third-order valence-electron chi connectivity index (χ3n) is 3.18. The third kappa shape index (κ3) is 3.51. The molecule has 7 heteroatoms. The molecule has 1 aromatic heterocycles. The second kappa shape index (κ2) is 6.42. The Morgan fingerprint density at radius 1 is 1.40 bits per heavy atom. The van der Waals surface area contributed by atoms with Gasteiger partial charge in [0.05, 0.1) is 12.1 Å². The number of hydrogen-bond acceptors (Lipinski definition) is 5. The van der Waals surface area contributed by atoms with Crippen molar-refractivity contribution >= 4 is 11.8 Å². The van der Waals surface area contributed by atoms with Crippen molar-refractivity contribution in [3.8, 4) is 0 Å². The smallest absolute Gasteiger partial charge is 0.274 e. The highest BCUT2D eigenvalue weighted by Crippen LogP contribution is 2.17. The van der Waals surface area contributed by atoms with Gasteiger partial charge in [-0.3, -0.25) is 14.6 Å². The van der Waals surface area contributed by atoms with Crippen LogP contribution in [-0.4, -0.2) is 71.9 Å². The van der Waals surface area contributed by atoms with E-state index in [0.29, 0.717) is 25.3 Å². The summed E-state index contributed by atoms with van der Waals surface area (Å²) in [6.07, 6.45) is 4.44. The van der Waals surface area contributed by atoms with Crippen molar-refractivity contribution in [2.24, 2.45) is 5.92 Å². The van der Waals surface area contributed by atoms with Crippen LogP contribution in [0, 0.1) is 5.92 Å². The Morgan fingerprint density at radius 2 is 2.15 bits per heavy atom. The van der Waals surface area contributed by atoms with Crippen molar-refractivity contribution in [2.45, 2.75) is 0 Å². The van der Waals surface area contributed by atoms with Crippen molar-refractivity contribution in [1.29, 1.82) is 0 Å². The second-order valence-corrected chi connectivity index (χ2v) is 5.09. The standard InChI is InChI=1S/C13H19N5O2/c1-17(2)6-5-16-12(19)10-8-18(9-10)13(20)11-7-14-3-4-15-11/h3-4,7,10H,5-6,8-9H2,1-2H3,(H,16,19). The number of amides is 2. The quantitative estimate of drug-likeness (QED) is 0.764. The fraction of sp³-hybridized carbons (Fsp3) is 0.538. The molecule has 0 aromatic carbocycles. The fourth-order valence-corrected chi connectivity index (χ4v) is 1.93. The Kier molecular flexibility index (Phi) is 4.62. The van der Waals surface area contributed by atoms with Gasteiger partial charge in [0.2, 0.25) is 5.91 Å². The van der Waals surface area contributed by atoms with Crippen LogP contribution in [0.2, 0.25) is 0 Å². The summed E-state index contributed by atoms with van der Waals surface area (Å²) in [5.41, 5.74) is 0.318. The molecule has 0 atom stereocenters. The zero-order chi connectivity index (χ0) is 14.5. The lowest BCUT2D eigenvalue weighted by Crippen LogP contribution is -2.56. The molecule has 108 valence electrons. The lowest BCUT2D eigenvalue weighted by molar-refractivity contribution is -0.129. The first-order chi connectivity index (χ1) is 9.58. The first-order valence-electron chi connectivity index (χ1n) is 6.55. The molecule has 0 aliphatic carbocycles. The van der Waals surface area contributed by atoms with E-state index in [0.717, 1.165) is 6.54 Å². The van der Waals surface area contributed by atoms with Gasteiger partial charge in [-0.15, -0.1) is 0 Å². The summed E-state index contributed by atoms with van der Waals surface area (Å²) in [4.78, 5) is 35.2. The first kappa shape index (κ1) is 14.4. The Balaban J connectivity index is 1.74. The lowest BCUT2D eigenvalue weighted by atomic mass is 9.98. The molecule has 1 aromatic rings. The Hall–Kier alpha value is -2.02. The van der Waals surface area contributed by atoms with Crippen LogP contribution in [0.15, 0.2) is 18.6 Å². The molecule has 2 amide bonds. The third-order valence-corrected chi connectivity index (χ3v) is 3.18. The topological polar surface area (TPSA) is 78.4 Å². The minimum atomic E-state index is -0.171. The maximum absolute atomic E-state index is 12.0. The normalized spacial score (nSPS) is 15.1. The summed E-state index contributed by atoms with van der Waals surface area (Å²) in [6.45, 7) is 2.33. The summed E-state index contributed by atoms with van der Waals surface area (Å²) in [6, 6.07) is 0. The van der Waals surface area contributed by atoms with E-state index >= 15 is 0 Å². The van der Waals surface area contributed by atoms with Gasteiger partial charge in [-0.1, -0.05) is 0 Å². The molecule has 20 heavy (non-hydrogen) atoms. The minimum Gasteiger partial charge on any atom is -0.354 e. The van der Waals surface area contributed by atoms with E-state index in [4.69, 9.17) is 0 Å². The molecule has 1 aliphatic heterocycles. The van der Waals surface area contributed by atoms with E-state index in [-0.39, 0.29) is 17.7 Å². The number of carbonyl (C=O) groups excluding carboxylic acids is 2. The summed E-state index contributed by atoms with van der Waals surface area (Å²) in [7, 11) is 3.91. The van der Waals surface area contributed by atoms with Crippen LogP contribution in [-0.2, 0) is 4.79 Å². The van der Waals surface area contributed by atoms with Crippen molar-refractivity contribution < 1.29 is 9.59 Å². The zero-order valence-electron chi connectivity index (χ0n) is 11.7. The van der Waals surface area contributed by atoms with Gasteiger partial charge in [0.1, 0.15) is 5.69 Å². The highest BCUT2D eigenvalue weighted by Gasteiger charge is 2.36. The molecule has 1 aliphatic rings. The average Bonchev–Trinajstić information content (AvgIpc) is 2.37. The van der Waals surface area contributed by atoms with Gasteiger partial charge in [0.25, 0.3) is 5.91 Å². The molecule has 0 radical (unpaired) electrons. The average molecular weight is 277 g/mol. The molecule has 0 spiro atoms. The van der Waals surface area contributed by atoms with Gasteiger partial charge in [0, 0.05) is 38.6 Å². The van der Waals surface area contributed by atoms with Gasteiger partial charge in [-0.05, 0) is 14.1 Å². The molecule has 1 N–H and O–H groups in total. The Morgan fingerprint density at radius 3 is 2.75 bits per heavy atom. The van der Waals surface area contributed by atoms with Crippen molar-refractivity contribution in [3.05, 3.63) is 24.3 Å². The molecular formula is C13H19N5O2. The van der Waals surface area contributed by atoms with Crippen molar-refractivity contribution in [2.75, 3.05) is 40.3 Å². The molecule has 1 fully saturated rings. The van der Waals surface area contributed by atoms with Crippen LogP contribution in [0.25, 0.3) is 0 Å². The van der Waals surface area contributed by atoms with Crippen LogP contribution >= 0.6 is 0 Å². The fourth-order valence-electron chi connectivity index (χ4n) is 1.93. The van der Waals surface area contributed by atoms with Crippen LogP contribution in [0.5, 0.6) is 0 Å². The number of aromatic nitrogens is 2. The highest BCUT2D eigenvalue weighted by molar-refractivity contribution is 5.94. The summed E-state index contributed by atoms with van der Waals surface area (Å²) >= 11 is 0. The minimum absolute atomic E-state index is 0.00930. The maximum atomic E-state index is 12.0. The van der Waals surface area contributed by atoms with E-state index < -0.39 is 0 Å². The molecule has 2 rings (SSSR count). The number of nitrogens with zero attached hydrogens (tertiary/aromatic N) is 4. The molecule has 0 bridgehead atoms. The molecule has 0 unspecified atom stereocenters. The molecule has 2 heterocycles. The largest absolute Gasteiger partial charge is 0.354 e. The SMILES string of the molecule is CN(C)CCNC(=O)C1CN(C(=O)c2cnccn2)C1. The molecule has 0 saturated carbocycles. The Bertz CT molecular complexity index is 471. The van der Waals surface area contributed by atoms with Gasteiger partial charge in [-0.2, -0.15) is 0 Å². The summed E-state index contributed by atoms with van der Waals surface area (Å²) in [5, 5.41) is 2.87. The number of likely N-dealkylation sites (tertiary alicyclic amines) is 1. The Labute approximate surface area is 118 Å². The van der Waals surface area contributed by atoms with Gasteiger partial charge >= 0.3 is 0 Å². The number of hydrogen-bond donors (Lipinski definition) is 1. The van der Waals surface area contributed by atoms with Crippen LogP contribution in [0.1, 0.15) is 10.5 Å². The van der Waals surface area contributed by atoms with Gasteiger partial charge in [-0.25, -0.2) is 4.98 Å². The number of rotatable bonds is 5. The van der Waals surface area contributed by atoms with Crippen LogP contribution in [0.4, 0.5) is 0 Å². The monoisotopic (exact) mass is 277 g/mol. The van der Waals surface area contributed by atoms with Crippen molar-refractivity contribution in [3.63, 3.8) is 0 Å². The molecule has 1 saturated heterocycles. The van der Waals surface area contributed by atoms with E-state index in [1.807, 2.05) is 19.0 Å². The summed E-state index contributed by atoms with van der Waals surface area (Å²) < 4.78 is 0.